The van der Waals surface area contributed by atoms with Gasteiger partial charge in [-0.1, -0.05) is 22.0 Å². The largest absolute Gasteiger partial charge is 0.325 e. The number of nitrogens with two attached hydrogens (primary N) is 1. The Morgan fingerprint density at radius 2 is 2.13 bits per heavy atom. The number of nitrogens with one attached hydrogen (secondary N) is 1. The number of amides is 1. The van der Waals surface area contributed by atoms with Crippen LogP contribution in [0.4, 0.5) is 5.69 Å². The van der Waals surface area contributed by atoms with Crippen molar-refractivity contribution < 1.29 is 4.79 Å². The molecule has 0 aromatic heterocycles. The Morgan fingerprint density at radius 3 is 2.67 bits per heavy atom. The van der Waals surface area contributed by atoms with Gasteiger partial charge in [0.25, 0.3) is 0 Å². The number of carbonyl (C=O) groups is 1. The van der Waals surface area contributed by atoms with Crippen LogP contribution < -0.4 is 11.1 Å². The van der Waals surface area contributed by atoms with Crippen molar-refractivity contribution in [3.05, 3.63) is 41.4 Å². The van der Waals surface area contributed by atoms with E-state index in [2.05, 4.69) is 27.8 Å². The highest BCUT2D eigenvalue weighted by molar-refractivity contribution is 9.10. The third-order valence-electron chi connectivity index (χ3n) is 1.87. The average Bonchev–Trinajstić information content (AvgIpc) is 2.22. The number of carbonyl (C=O) groups excluding carboxylic acids is 1. The lowest BCUT2D eigenvalue weighted by molar-refractivity contribution is -0.117. The number of rotatable bonds is 4. The van der Waals surface area contributed by atoms with Gasteiger partial charge >= 0.3 is 0 Å². The molecule has 1 rings (SSSR count). The summed E-state index contributed by atoms with van der Waals surface area (Å²) in [5.74, 6) is -0.197. The molecule has 15 heavy (non-hydrogen) atoms. The van der Waals surface area contributed by atoms with E-state index in [0.717, 1.165) is 10.2 Å². The van der Waals surface area contributed by atoms with E-state index in [1.165, 1.54) is 0 Å². The van der Waals surface area contributed by atoms with Gasteiger partial charge in [0.15, 0.2) is 0 Å². The highest BCUT2D eigenvalue weighted by Gasteiger charge is 2.11. The van der Waals surface area contributed by atoms with Crippen LogP contribution in [0.3, 0.4) is 0 Å². The summed E-state index contributed by atoms with van der Waals surface area (Å²) >= 11 is 3.31. The van der Waals surface area contributed by atoms with E-state index in [1.807, 2.05) is 24.3 Å². The normalized spacial score (nSPS) is 11.9. The van der Waals surface area contributed by atoms with Crippen LogP contribution in [0, 0.1) is 0 Å². The summed E-state index contributed by atoms with van der Waals surface area (Å²) in [6, 6.07) is 6.79. The summed E-state index contributed by atoms with van der Waals surface area (Å²) < 4.78 is 0.968. The van der Waals surface area contributed by atoms with Crippen LogP contribution in [-0.4, -0.2) is 11.9 Å². The first-order valence-corrected chi connectivity index (χ1v) is 5.35. The standard InChI is InChI=1S/C11H13BrN2O/c1-2-3-10(13)11(15)14-9-6-4-8(12)5-7-9/h2,4-7,10H,1,3,13H2,(H,14,15). The van der Waals surface area contributed by atoms with Gasteiger partial charge in [-0.3, -0.25) is 4.79 Å². The second-order valence-corrected chi connectivity index (χ2v) is 4.04. The molecule has 80 valence electrons. The monoisotopic (exact) mass is 268 g/mol. The quantitative estimate of drug-likeness (QED) is 0.824. The third kappa shape index (κ3) is 3.85. The first-order valence-electron chi connectivity index (χ1n) is 4.56. The van der Waals surface area contributed by atoms with Crippen molar-refractivity contribution in [1.82, 2.24) is 0 Å². The fraction of sp³-hybridized carbons (Fsp3) is 0.182. The van der Waals surface area contributed by atoms with Gasteiger partial charge in [-0.25, -0.2) is 0 Å². The van der Waals surface area contributed by atoms with Gasteiger partial charge in [0.2, 0.25) is 5.91 Å². The number of benzene rings is 1. The molecule has 0 bridgehead atoms. The van der Waals surface area contributed by atoms with Crippen LogP contribution in [0.15, 0.2) is 41.4 Å². The van der Waals surface area contributed by atoms with Gasteiger partial charge < -0.3 is 11.1 Å². The molecule has 3 nitrogen and oxygen atoms in total. The Balaban J connectivity index is 2.58. The maximum atomic E-state index is 11.5. The topological polar surface area (TPSA) is 55.1 Å². The number of anilines is 1. The smallest absolute Gasteiger partial charge is 0.241 e. The maximum absolute atomic E-state index is 11.5. The van der Waals surface area contributed by atoms with Crippen molar-refractivity contribution >= 4 is 27.5 Å². The first kappa shape index (κ1) is 11.9. The van der Waals surface area contributed by atoms with Gasteiger partial charge in [-0.2, -0.15) is 0 Å². The summed E-state index contributed by atoms with van der Waals surface area (Å²) in [4.78, 5) is 11.5. The molecule has 0 aliphatic carbocycles. The second kappa shape index (κ2) is 5.68. The molecule has 1 aromatic rings. The summed E-state index contributed by atoms with van der Waals surface area (Å²) in [6.45, 7) is 3.54. The molecule has 0 saturated heterocycles. The molecule has 4 heteroatoms. The molecule has 0 fully saturated rings. The highest BCUT2D eigenvalue weighted by Crippen LogP contribution is 2.14. The Bertz CT molecular complexity index is 348. The molecule has 1 unspecified atom stereocenters. The molecule has 3 N–H and O–H groups in total. The zero-order valence-corrected chi connectivity index (χ0v) is 9.83. The molecule has 0 aliphatic heterocycles. The summed E-state index contributed by atoms with van der Waals surface area (Å²) in [5, 5.41) is 2.72. The Kier molecular flexibility index (Phi) is 4.52. The van der Waals surface area contributed by atoms with Crippen molar-refractivity contribution in [3.8, 4) is 0 Å². The summed E-state index contributed by atoms with van der Waals surface area (Å²) in [5.41, 5.74) is 6.35. The Morgan fingerprint density at radius 1 is 1.53 bits per heavy atom. The van der Waals surface area contributed by atoms with Crippen LogP contribution in [0.1, 0.15) is 6.42 Å². The molecule has 0 heterocycles. The molecule has 1 atom stereocenters. The molecule has 1 amide bonds. The molecule has 0 radical (unpaired) electrons. The lowest BCUT2D eigenvalue weighted by atomic mass is 10.2. The van der Waals surface area contributed by atoms with Crippen molar-refractivity contribution in [3.63, 3.8) is 0 Å². The second-order valence-electron chi connectivity index (χ2n) is 3.13. The predicted molar refractivity (Wildman–Crippen MR) is 65.6 cm³/mol. The van der Waals surface area contributed by atoms with E-state index in [1.54, 1.807) is 6.08 Å². The van der Waals surface area contributed by atoms with E-state index in [-0.39, 0.29) is 5.91 Å². The minimum atomic E-state index is -0.536. The Hall–Kier alpha value is -1.13. The maximum Gasteiger partial charge on any atom is 0.241 e. The highest BCUT2D eigenvalue weighted by atomic mass is 79.9. The fourth-order valence-corrected chi connectivity index (χ4v) is 1.32. The van der Waals surface area contributed by atoms with Crippen LogP contribution in [-0.2, 0) is 4.79 Å². The lowest BCUT2D eigenvalue weighted by Crippen LogP contribution is -2.34. The van der Waals surface area contributed by atoms with Crippen LogP contribution in [0.5, 0.6) is 0 Å². The van der Waals surface area contributed by atoms with Crippen molar-refractivity contribution in [1.29, 1.82) is 0 Å². The lowest BCUT2D eigenvalue weighted by Gasteiger charge is -2.10. The van der Waals surface area contributed by atoms with Crippen molar-refractivity contribution in [2.45, 2.75) is 12.5 Å². The van der Waals surface area contributed by atoms with E-state index in [4.69, 9.17) is 5.73 Å². The van der Waals surface area contributed by atoms with Crippen molar-refractivity contribution in [2.75, 3.05) is 5.32 Å². The van der Waals surface area contributed by atoms with Crippen LogP contribution >= 0.6 is 15.9 Å². The first-order chi connectivity index (χ1) is 7.13. The van der Waals surface area contributed by atoms with Gasteiger partial charge in [0, 0.05) is 10.2 Å². The van der Waals surface area contributed by atoms with Gasteiger partial charge in [-0.05, 0) is 30.7 Å². The number of hydrogen-bond acceptors (Lipinski definition) is 2. The van der Waals surface area contributed by atoms with E-state index < -0.39 is 6.04 Å². The van der Waals surface area contributed by atoms with Crippen LogP contribution in [0.2, 0.25) is 0 Å². The molecule has 0 saturated carbocycles. The van der Waals surface area contributed by atoms with E-state index in [9.17, 15) is 4.79 Å². The molecule has 0 aliphatic rings. The zero-order valence-electron chi connectivity index (χ0n) is 8.24. The van der Waals surface area contributed by atoms with E-state index in [0.29, 0.717) is 6.42 Å². The summed E-state index contributed by atoms with van der Waals surface area (Å²) in [7, 11) is 0. The number of hydrogen-bond donors (Lipinski definition) is 2. The zero-order chi connectivity index (χ0) is 11.3. The molecular weight excluding hydrogens is 256 g/mol. The van der Waals surface area contributed by atoms with Gasteiger partial charge in [0.1, 0.15) is 0 Å². The van der Waals surface area contributed by atoms with Gasteiger partial charge in [0.05, 0.1) is 6.04 Å². The summed E-state index contributed by atoms with van der Waals surface area (Å²) in [6.07, 6.45) is 2.11. The predicted octanol–water partition coefficient (Wildman–Crippen LogP) is 2.29. The minimum Gasteiger partial charge on any atom is -0.325 e. The third-order valence-corrected chi connectivity index (χ3v) is 2.40. The minimum absolute atomic E-state index is 0.197. The van der Waals surface area contributed by atoms with E-state index >= 15 is 0 Å². The molecule has 0 spiro atoms. The Labute approximate surface area is 97.5 Å². The average molecular weight is 269 g/mol. The SMILES string of the molecule is C=CCC(N)C(=O)Nc1ccc(Br)cc1. The fourth-order valence-electron chi connectivity index (χ4n) is 1.05. The molecule has 1 aromatic carbocycles. The van der Waals surface area contributed by atoms with Gasteiger partial charge in [-0.15, -0.1) is 6.58 Å². The molecular formula is C11H13BrN2O. The van der Waals surface area contributed by atoms with Crippen molar-refractivity contribution in [2.24, 2.45) is 5.73 Å². The number of halogens is 1. The van der Waals surface area contributed by atoms with Crippen LogP contribution in [0.25, 0.3) is 0 Å².